The quantitative estimate of drug-likeness (QED) is 0.756. The van der Waals surface area contributed by atoms with Crippen molar-refractivity contribution in [1.82, 2.24) is 24.5 Å². The summed E-state index contributed by atoms with van der Waals surface area (Å²) >= 11 is 0. The molecule has 106 valence electrons. The van der Waals surface area contributed by atoms with E-state index in [1.54, 1.807) is 18.6 Å². The highest BCUT2D eigenvalue weighted by molar-refractivity contribution is 5.82. The summed E-state index contributed by atoms with van der Waals surface area (Å²) in [6.45, 7) is 0.485. The van der Waals surface area contributed by atoms with E-state index in [-0.39, 0.29) is 5.43 Å². The first-order valence-electron chi connectivity index (χ1n) is 6.90. The van der Waals surface area contributed by atoms with E-state index in [4.69, 9.17) is 0 Å². The molecule has 4 rings (SSSR count). The summed E-state index contributed by atoms with van der Waals surface area (Å²) in [5.41, 5.74) is 2.41. The Bertz CT molecular complexity index is 848. The number of pyridine rings is 1. The second-order valence-electron chi connectivity index (χ2n) is 5.18. The van der Waals surface area contributed by atoms with E-state index < -0.39 is 0 Å². The van der Waals surface area contributed by atoms with Crippen molar-refractivity contribution in [3.05, 3.63) is 46.9 Å². The molecule has 3 aromatic heterocycles. The standard InChI is InChI=1S/C14H14N6O/c21-11-3-4-15-9(5-11)6-16-13-12-14(18-7-17-13)20(8-19-12)10-1-2-10/h3-5,7-8,10H,1-2,6H2,(H,15,21)(H,16,17,18). The van der Waals surface area contributed by atoms with Crippen LogP contribution in [0.3, 0.4) is 0 Å². The first kappa shape index (κ1) is 12.1. The molecule has 0 aromatic carbocycles. The van der Waals surface area contributed by atoms with Gasteiger partial charge in [0.25, 0.3) is 0 Å². The lowest BCUT2D eigenvalue weighted by atomic mass is 10.3. The second kappa shape index (κ2) is 4.69. The Morgan fingerprint density at radius 2 is 2.24 bits per heavy atom. The van der Waals surface area contributed by atoms with E-state index in [9.17, 15) is 4.79 Å². The van der Waals surface area contributed by atoms with E-state index >= 15 is 0 Å². The highest BCUT2D eigenvalue weighted by Gasteiger charge is 2.26. The number of nitrogens with zero attached hydrogens (tertiary/aromatic N) is 4. The molecule has 0 aliphatic heterocycles. The minimum Gasteiger partial charge on any atom is -0.363 e. The average Bonchev–Trinajstić information content (AvgIpc) is 3.24. The maximum absolute atomic E-state index is 11.3. The Labute approximate surface area is 120 Å². The van der Waals surface area contributed by atoms with Crippen molar-refractivity contribution in [1.29, 1.82) is 0 Å². The van der Waals surface area contributed by atoms with Gasteiger partial charge in [0.15, 0.2) is 16.9 Å². The average molecular weight is 282 g/mol. The number of aromatic amines is 1. The molecule has 0 spiro atoms. The number of hydrogen-bond acceptors (Lipinski definition) is 5. The molecule has 3 heterocycles. The van der Waals surface area contributed by atoms with Gasteiger partial charge in [0.2, 0.25) is 0 Å². The van der Waals surface area contributed by atoms with Crippen molar-refractivity contribution in [2.24, 2.45) is 0 Å². The molecule has 0 bridgehead atoms. The van der Waals surface area contributed by atoms with Crippen LogP contribution in [0, 0.1) is 0 Å². The van der Waals surface area contributed by atoms with Gasteiger partial charge in [-0.05, 0) is 12.8 Å². The molecule has 0 unspecified atom stereocenters. The normalized spacial score (nSPS) is 14.5. The Kier molecular flexibility index (Phi) is 2.70. The van der Waals surface area contributed by atoms with Crippen LogP contribution in [-0.4, -0.2) is 24.5 Å². The molecule has 1 aliphatic rings. The predicted octanol–water partition coefficient (Wildman–Crippen LogP) is 1.46. The van der Waals surface area contributed by atoms with Crippen LogP contribution in [0.1, 0.15) is 24.6 Å². The zero-order valence-corrected chi connectivity index (χ0v) is 11.3. The molecule has 0 saturated heterocycles. The number of fused-ring (bicyclic) bond motifs is 1. The molecule has 0 radical (unpaired) electrons. The number of anilines is 1. The van der Waals surface area contributed by atoms with Gasteiger partial charge < -0.3 is 14.9 Å². The van der Waals surface area contributed by atoms with E-state index in [2.05, 4.69) is 29.8 Å². The van der Waals surface area contributed by atoms with Gasteiger partial charge in [-0.1, -0.05) is 0 Å². The molecule has 3 aromatic rings. The number of aromatic nitrogens is 5. The summed E-state index contributed by atoms with van der Waals surface area (Å²) in [6, 6.07) is 3.58. The largest absolute Gasteiger partial charge is 0.363 e. The molecule has 0 amide bonds. The molecule has 7 nitrogen and oxygen atoms in total. The van der Waals surface area contributed by atoms with Gasteiger partial charge in [-0.2, -0.15) is 0 Å². The second-order valence-corrected chi connectivity index (χ2v) is 5.18. The summed E-state index contributed by atoms with van der Waals surface area (Å²) in [4.78, 5) is 27.3. The molecule has 1 fully saturated rings. The van der Waals surface area contributed by atoms with E-state index in [0.29, 0.717) is 18.4 Å². The smallest absolute Gasteiger partial charge is 0.181 e. The van der Waals surface area contributed by atoms with Gasteiger partial charge in [0.1, 0.15) is 11.8 Å². The van der Waals surface area contributed by atoms with Gasteiger partial charge in [0, 0.05) is 30.1 Å². The third-order valence-electron chi connectivity index (χ3n) is 3.58. The summed E-state index contributed by atoms with van der Waals surface area (Å²) < 4.78 is 2.10. The third-order valence-corrected chi connectivity index (χ3v) is 3.58. The fourth-order valence-corrected chi connectivity index (χ4v) is 2.37. The lowest BCUT2D eigenvalue weighted by Gasteiger charge is -2.06. The van der Waals surface area contributed by atoms with Gasteiger partial charge in [-0.3, -0.25) is 4.79 Å². The first-order chi connectivity index (χ1) is 10.3. The third kappa shape index (κ3) is 2.26. The molecule has 1 aliphatic carbocycles. The summed E-state index contributed by atoms with van der Waals surface area (Å²) in [5, 5.41) is 3.21. The first-order valence-corrected chi connectivity index (χ1v) is 6.90. The minimum absolute atomic E-state index is 0.0172. The predicted molar refractivity (Wildman–Crippen MR) is 78.0 cm³/mol. The highest BCUT2D eigenvalue weighted by atomic mass is 16.1. The molecule has 21 heavy (non-hydrogen) atoms. The van der Waals surface area contributed by atoms with Crippen LogP contribution in [0.25, 0.3) is 11.2 Å². The Balaban J connectivity index is 1.63. The monoisotopic (exact) mass is 282 g/mol. The van der Waals surface area contributed by atoms with Crippen LogP contribution in [0.15, 0.2) is 35.8 Å². The maximum Gasteiger partial charge on any atom is 0.181 e. The number of hydrogen-bond donors (Lipinski definition) is 2. The molecule has 1 saturated carbocycles. The fraction of sp³-hybridized carbons (Fsp3) is 0.286. The van der Waals surface area contributed by atoms with Crippen molar-refractivity contribution < 1.29 is 0 Å². The Morgan fingerprint density at radius 1 is 1.33 bits per heavy atom. The lowest BCUT2D eigenvalue weighted by molar-refractivity contribution is 0.756. The minimum atomic E-state index is -0.0172. The van der Waals surface area contributed by atoms with Crippen LogP contribution < -0.4 is 10.7 Å². The Morgan fingerprint density at radius 3 is 3.05 bits per heavy atom. The zero-order chi connectivity index (χ0) is 14.2. The van der Waals surface area contributed by atoms with Crippen LogP contribution >= 0.6 is 0 Å². The zero-order valence-electron chi connectivity index (χ0n) is 11.3. The molecular formula is C14H14N6O. The van der Waals surface area contributed by atoms with E-state index in [0.717, 1.165) is 16.9 Å². The van der Waals surface area contributed by atoms with Crippen molar-refractivity contribution in [3.8, 4) is 0 Å². The van der Waals surface area contributed by atoms with Crippen LogP contribution in [0.2, 0.25) is 0 Å². The van der Waals surface area contributed by atoms with Gasteiger partial charge in [-0.25, -0.2) is 15.0 Å². The Hall–Kier alpha value is -2.70. The SMILES string of the molecule is O=c1cc[nH]c(CNc2ncnc3c2ncn3C2CC2)c1. The van der Waals surface area contributed by atoms with Crippen LogP contribution in [-0.2, 0) is 6.54 Å². The maximum atomic E-state index is 11.3. The van der Waals surface area contributed by atoms with Crippen LogP contribution in [0.4, 0.5) is 5.82 Å². The number of imidazole rings is 1. The molecular weight excluding hydrogens is 268 g/mol. The summed E-state index contributed by atoms with van der Waals surface area (Å²) in [6.07, 6.45) is 7.37. The van der Waals surface area contributed by atoms with E-state index in [1.807, 2.05) is 6.33 Å². The lowest BCUT2D eigenvalue weighted by Crippen LogP contribution is -2.08. The molecule has 2 N–H and O–H groups in total. The summed E-state index contributed by atoms with van der Waals surface area (Å²) in [5.74, 6) is 0.684. The topological polar surface area (TPSA) is 88.5 Å². The highest BCUT2D eigenvalue weighted by Crippen LogP contribution is 2.37. The molecule has 7 heteroatoms. The summed E-state index contributed by atoms with van der Waals surface area (Å²) in [7, 11) is 0. The van der Waals surface area contributed by atoms with Crippen LogP contribution in [0.5, 0.6) is 0 Å². The molecule has 0 atom stereocenters. The van der Waals surface area contributed by atoms with Crippen molar-refractivity contribution in [3.63, 3.8) is 0 Å². The number of nitrogens with one attached hydrogen (secondary N) is 2. The van der Waals surface area contributed by atoms with Crippen molar-refractivity contribution >= 4 is 17.0 Å². The van der Waals surface area contributed by atoms with Gasteiger partial charge >= 0.3 is 0 Å². The van der Waals surface area contributed by atoms with E-state index in [1.165, 1.54) is 18.9 Å². The van der Waals surface area contributed by atoms with Gasteiger partial charge in [0.05, 0.1) is 12.9 Å². The van der Waals surface area contributed by atoms with Crippen molar-refractivity contribution in [2.45, 2.75) is 25.4 Å². The number of rotatable bonds is 4. The van der Waals surface area contributed by atoms with Gasteiger partial charge in [-0.15, -0.1) is 0 Å². The van der Waals surface area contributed by atoms with Crippen molar-refractivity contribution in [2.75, 3.05) is 5.32 Å². The fourth-order valence-electron chi connectivity index (χ4n) is 2.37. The number of H-pyrrole nitrogens is 1.